The third-order valence-electron chi connectivity index (χ3n) is 5.45. The summed E-state index contributed by atoms with van der Waals surface area (Å²) in [5, 5.41) is 17.6. The third kappa shape index (κ3) is 3.94. The lowest BCUT2D eigenvalue weighted by Gasteiger charge is -2.40. The minimum absolute atomic E-state index is 0.0861. The van der Waals surface area contributed by atoms with Gasteiger partial charge in [0.2, 0.25) is 5.43 Å². The molecule has 5 heterocycles. The Balaban J connectivity index is 1.41. The zero-order valence-electron chi connectivity index (χ0n) is 17.9. The van der Waals surface area contributed by atoms with Crippen molar-refractivity contribution >= 4 is 46.0 Å². The molecule has 2 amide bonds. The van der Waals surface area contributed by atoms with Crippen LogP contribution in [0.3, 0.4) is 0 Å². The first kappa shape index (κ1) is 21.5. The van der Waals surface area contributed by atoms with Gasteiger partial charge in [0.05, 0.1) is 11.4 Å². The molecule has 0 saturated carbocycles. The van der Waals surface area contributed by atoms with Crippen molar-refractivity contribution < 1.29 is 14.7 Å². The summed E-state index contributed by atoms with van der Waals surface area (Å²) in [4.78, 5) is 51.7. The number of thiazole rings is 1. The van der Waals surface area contributed by atoms with Crippen LogP contribution in [0, 0.1) is 6.92 Å². The molecule has 3 N–H and O–H groups in total. The van der Waals surface area contributed by atoms with E-state index >= 15 is 0 Å². The number of amides is 2. The highest BCUT2D eigenvalue weighted by Crippen LogP contribution is 2.26. The molecule has 4 aromatic rings. The number of rotatable bonds is 5. The molecule has 172 valence electrons. The van der Waals surface area contributed by atoms with E-state index in [-0.39, 0.29) is 23.0 Å². The summed E-state index contributed by atoms with van der Waals surface area (Å²) in [6, 6.07) is 6.58. The number of nitrogens with zero attached hydrogens (tertiary/aromatic N) is 5. The normalized spacial score (nSPS) is 13.5. The monoisotopic (exact) mass is 477 g/mol. The number of aromatic nitrogens is 4. The number of hydrogen-bond donors (Lipinski definition) is 3. The van der Waals surface area contributed by atoms with Crippen LogP contribution >= 0.6 is 11.3 Å². The Hall–Kier alpha value is -4.32. The maximum absolute atomic E-state index is 12.9. The first-order chi connectivity index (χ1) is 16.4. The number of aromatic carboxylic acids is 1. The molecule has 1 aliphatic rings. The van der Waals surface area contributed by atoms with Crippen molar-refractivity contribution in [2.75, 3.05) is 23.3 Å². The van der Waals surface area contributed by atoms with Crippen LogP contribution in [-0.4, -0.2) is 55.8 Å². The van der Waals surface area contributed by atoms with Gasteiger partial charge in [-0.2, -0.15) is 0 Å². The van der Waals surface area contributed by atoms with Gasteiger partial charge in [0.1, 0.15) is 17.2 Å². The molecule has 0 unspecified atom stereocenters. The van der Waals surface area contributed by atoms with Crippen LogP contribution in [0.25, 0.3) is 16.2 Å². The first-order valence-electron chi connectivity index (χ1n) is 10.3. The number of pyridine rings is 3. The van der Waals surface area contributed by atoms with Crippen molar-refractivity contribution in [2.45, 2.75) is 13.0 Å². The standard InChI is InChI=1S/C22H19N7O4S/c1-12-8-16(28-9-13(10-28)25-21(33)26-15-4-2-3-5-23-15)27-19-17(12)18(30)14(20(31)32)11-29(19)22-24-6-7-34-22/h2-8,11,13H,9-10H2,1H3,(H,31,32)(H2,23,25,26,33). The maximum atomic E-state index is 12.9. The number of anilines is 2. The van der Waals surface area contributed by atoms with Crippen molar-refractivity contribution in [2.24, 2.45) is 0 Å². The van der Waals surface area contributed by atoms with Crippen LogP contribution in [0.5, 0.6) is 0 Å². The molecule has 0 aromatic carbocycles. The Morgan fingerprint density at radius 3 is 2.71 bits per heavy atom. The molecule has 4 aromatic heterocycles. The Kier molecular flexibility index (Phi) is 5.42. The highest BCUT2D eigenvalue weighted by atomic mass is 32.1. The average Bonchev–Trinajstić information content (AvgIpc) is 3.31. The molecule has 0 atom stereocenters. The Labute approximate surface area is 196 Å². The predicted octanol–water partition coefficient (Wildman–Crippen LogP) is 2.25. The van der Waals surface area contributed by atoms with Gasteiger partial charge in [-0.05, 0) is 30.7 Å². The molecule has 1 fully saturated rings. The van der Waals surface area contributed by atoms with E-state index < -0.39 is 11.4 Å². The van der Waals surface area contributed by atoms with E-state index in [0.717, 1.165) is 0 Å². The summed E-state index contributed by atoms with van der Waals surface area (Å²) in [7, 11) is 0. The lowest BCUT2D eigenvalue weighted by Crippen LogP contribution is -2.60. The van der Waals surface area contributed by atoms with Crippen LogP contribution < -0.4 is 21.0 Å². The van der Waals surface area contributed by atoms with E-state index in [4.69, 9.17) is 0 Å². The fraction of sp³-hybridized carbons (Fsp3) is 0.182. The molecule has 5 rings (SSSR count). The molecule has 11 nitrogen and oxygen atoms in total. The smallest absolute Gasteiger partial charge is 0.341 e. The highest BCUT2D eigenvalue weighted by Gasteiger charge is 2.30. The average molecular weight is 478 g/mol. The van der Waals surface area contributed by atoms with E-state index in [2.05, 4.69) is 25.6 Å². The summed E-state index contributed by atoms with van der Waals surface area (Å²) < 4.78 is 1.54. The number of nitrogens with one attached hydrogen (secondary N) is 2. The fourth-order valence-corrected chi connectivity index (χ4v) is 4.42. The minimum Gasteiger partial charge on any atom is -0.477 e. The summed E-state index contributed by atoms with van der Waals surface area (Å²) in [5.74, 6) is -0.217. The number of urea groups is 1. The topological polar surface area (TPSA) is 142 Å². The van der Waals surface area contributed by atoms with E-state index in [1.54, 1.807) is 49.0 Å². The molecule has 1 aliphatic heterocycles. The number of fused-ring (bicyclic) bond motifs is 1. The number of hydrogen-bond acceptors (Lipinski definition) is 8. The zero-order chi connectivity index (χ0) is 23.8. The molecular formula is C22H19N7O4S. The molecule has 34 heavy (non-hydrogen) atoms. The number of carbonyl (C=O) groups excluding carboxylic acids is 1. The molecular weight excluding hydrogens is 458 g/mol. The second-order valence-electron chi connectivity index (χ2n) is 7.77. The van der Waals surface area contributed by atoms with Crippen molar-refractivity contribution in [1.82, 2.24) is 24.8 Å². The Bertz CT molecular complexity index is 1450. The van der Waals surface area contributed by atoms with Crippen LogP contribution in [-0.2, 0) is 0 Å². The van der Waals surface area contributed by atoms with Crippen molar-refractivity contribution in [3.8, 4) is 5.13 Å². The van der Waals surface area contributed by atoms with Crippen LogP contribution in [0.2, 0.25) is 0 Å². The van der Waals surface area contributed by atoms with Gasteiger partial charge in [0.25, 0.3) is 0 Å². The summed E-state index contributed by atoms with van der Waals surface area (Å²) >= 11 is 1.31. The molecule has 1 saturated heterocycles. The number of aryl methyl sites for hydroxylation is 1. The molecule has 0 radical (unpaired) electrons. The second kappa shape index (κ2) is 8.56. The van der Waals surface area contributed by atoms with E-state index in [1.165, 1.54) is 22.1 Å². The van der Waals surface area contributed by atoms with Gasteiger partial charge in [-0.1, -0.05) is 6.07 Å². The van der Waals surface area contributed by atoms with Gasteiger partial charge in [-0.25, -0.2) is 24.5 Å². The van der Waals surface area contributed by atoms with E-state index in [1.807, 2.05) is 4.90 Å². The van der Waals surface area contributed by atoms with E-state index in [9.17, 15) is 19.5 Å². The summed E-state index contributed by atoms with van der Waals surface area (Å²) in [6.45, 7) is 2.81. The minimum atomic E-state index is -1.30. The van der Waals surface area contributed by atoms with Crippen LogP contribution in [0.1, 0.15) is 15.9 Å². The summed E-state index contributed by atoms with van der Waals surface area (Å²) in [5.41, 5.74) is 0.0284. The summed E-state index contributed by atoms with van der Waals surface area (Å²) in [6.07, 6.45) is 4.46. The van der Waals surface area contributed by atoms with Crippen LogP contribution in [0.15, 0.2) is 53.0 Å². The molecule has 0 bridgehead atoms. The highest BCUT2D eigenvalue weighted by molar-refractivity contribution is 7.12. The lowest BCUT2D eigenvalue weighted by atomic mass is 10.1. The zero-order valence-corrected chi connectivity index (χ0v) is 18.7. The number of carbonyl (C=O) groups is 2. The quantitative estimate of drug-likeness (QED) is 0.397. The largest absolute Gasteiger partial charge is 0.477 e. The van der Waals surface area contributed by atoms with Gasteiger partial charge in [0, 0.05) is 37.1 Å². The first-order valence-corrected chi connectivity index (χ1v) is 11.2. The SMILES string of the molecule is Cc1cc(N2CC(NC(=O)Nc3ccccn3)C2)nc2c1c(=O)c(C(=O)O)cn2-c1nccs1. The third-order valence-corrected chi connectivity index (χ3v) is 6.22. The van der Waals surface area contributed by atoms with Gasteiger partial charge < -0.3 is 15.3 Å². The number of carboxylic acid groups (broad SMARTS) is 1. The predicted molar refractivity (Wildman–Crippen MR) is 127 cm³/mol. The molecule has 0 aliphatic carbocycles. The van der Waals surface area contributed by atoms with E-state index in [0.29, 0.717) is 41.1 Å². The van der Waals surface area contributed by atoms with Crippen molar-refractivity contribution in [3.05, 3.63) is 69.6 Å². The second-order valence-corrected chi connectivity index (χ2v) is 8.65. The molecule has 0 spiro atoms. The van der Waals surface area contributed by atoms with Crippen molar-refractivity contribution in [3.63, 3.8) is 0 Å². The lowest BCUT2D eigenvalue weighted by molar-refractivity contribution is 0.0695. The van der Waals surface area contributed by atoms with Gasteiger partial charge >= 0.3 is 12.0 Å². The fourth-order valence-electron chi connectivity index (χ4n) is 3.80. The molecule has 12 heteroatoms. The Morgan fingerprint density at radius 1 is 1.21 bits per heavy atom. The van der Waals surface area contributed by atoms with Crippen LogP contribution in [0.4, 0.5) is 16.4 Å². The number of carboxylic acids is 1. The van der Waals surface area contributed by atoms with Gasteiger partial charge in [-0.15, -0.1) is 11.3 Å². The maximum Gasteiger partial charge on any atom is 0.341 e. The Morgan fingerprint density at radius 2 is 2.03 bits per heavy atom. The van der Waals surface area contributed by atoms with Gasteiger partial charge in [-0.3, -0.25) is 14.7 Å². The van der Waals surface area contributed by atoms with Crippen molar-refractivity contribution in [1.29, 1.82) is 0 Å². The van der Waals surface area contributed by atoms with Gasteiger partial charge in [0.15, 0.2) is 10.8 Å².